The van der Waals surface area contributed by atoms with Crippen LogP contribution in [0.25, 0.3) is 0 Å². The highest BCUT2D eigenvalue weighted by Gasteiger charge is 2.31. The molecule has 24 heavy (non-hydrogen) atoms. The van der Waals surface area contributed by atoms with Crippen molar-refractivity contribution in [3.8, 4) is 0 Å². The summed E-state index contributed by atoms with van der Waals surface area (Å²) in [6, 6.07) is 9.09. The van der Waals surface area contributed by atoms with Crippen LogP contribution in [0, 0.1) is 5.92 Å². The third kappa shape index (κ3) is 3.66. The minimum absolute atomic E-state index is 0.0158. The highest BCUT2D eigenvalue weighted by molar-refractivity contribution is 5.81. The van der Waals surface area contributed by atoms with Crippen molar-refractivity contribution in [2.45, 2.75) is 32.0 Å². The second kappa shape index (κ2) is 7.59. The number of carbonyl (C=O) groups is 1. The van der Waals surface area contributed by atoms with Crippen molar-refractivity contribution in [1.82, 2.24) is 15.1 Å². The number of primary amides is 1. The number of rotatable bonds is 7. The molecule has 2 heterocycles. The molecule has 3 rings (SSSR count). The maximum absolute atomic E-state index is 11.8. The summed E-state index contributed by atoms with van der Waals surface area (Å²) in [7, 11) is 0. The summed E-state index contributed by atoms with van der Waals surface area (Å²) in [4.78, 5) is 11.8. The molecule has 3 unspecified atom stereocenters. The zero-order valence-corrected chi connectivity index (χ0v) is 13.9. The van der Waals surface area contributed by atoms with Gasteiger partial charge in [0, 0.05) is 37.4 Å². The molecular weight excluding hydrogens is 304 g/mol. The summed E-state index contributed by atoms with van der Waals surface area (Å²) in [5, 5.41) is 7.64. The molecule has 0 radical (unpaired) electrons. The fourth-order valence-electron chi connectivity index (χ4n) is 3.21. The maximum atomic E-state index is 11.8. The van der Waals surface area contributed by atoms with Crippen LogP contribution in [0.5, 0.6) is 0 Å². The van der Waals surface area contributed by atoms with Crippen molar-refractivity contribution in [2.24, 2.45) is 11.7 Å². The van der Waals surface area contributed by atoms with Gasteiger partial charge in [-0.25, -0.2) is 0 Å². The van der Waals surface area contributed by atoms with Gasteiger partial charge >= 0.3 is 0 Å². The summed E-state index contributed by atoms with van der Waals surface area (Å²) in [6.07, 6.45) is 4.87. The molecule has 6 heteroatoms. The van der Waals surface area contributed by atoms with Crippen molar-refractivity contribution in [3.63, 3.8) is 0 Å². The number of aryl methyl sites for hydroxylation is 1. The highest BCUT2D eigenvalue weighted by Crippen LogP contribution is 2.34. The lowest BCUT2D eigenvalue weighted by Gasteiger charge is -2.21. The number of amides is 1. The quantitative estimate of drug-likeness (QED) is 0.812. The van der Waals surface area contributed by atoms with E-state index in [0.717, 1.165) is 30.7 Å². The van der Waals surface area contributed by atoms with Gasteiger partial charge in [-0.05, 0) is 18.9 Å². The summed E-state index contributed by atoms with van der Waals surface area (Å²) < 4.78 is 7.80. The lowest BCUT2D eigenvalue weighted by Crippen LogP contribution is -2.37. The number of benzene rings is 1. The molecule has 1 aromatic heterocycles. The zero-order valence-electron chi connectivity index (χ0n) is 13.9. The Morgan fingerprint density at radius 2 is 2.25 bits per heavy atom. The van der Waals surface area contributed by atoms with E-state index in [9.17, 15) is 4.79 Å². The number of nitrogens with two attached hydrogens (primary N) is 1. The first-order valence-corrected chi connectivity index (χ1v) is 8.40. The second-order valence-electron chi connectivity index (χ2n) is 6.12. The van der Waals surface area contributed by atoms with E-state index in [1.54, 1.807) is 0 Å². The Morgan fingerprint density at radius 1 is 1.46 bits per heavy atom. The minimum atomic E-state index is -0.481. The Kier molecular flexibility index (Phi) is 5.27. The Labute approximate surface area is 142 Å². The number of aromatic nitrogens is 2. The van der Waals surface area contributed by atoms with Crippen molar-refractivity contribution in [3.05, 3.63) is 53.9 Å². The third-order valence-electron chi connectivity index (χ3n) is 4.52. The molecule has 3 N–H and O–H groups in total. The van der Waals surface area contributed by atoms with Gasteiger partial charge in [0.05, 0.1) is 12.3 Å². The van der Waals surface area contributed by atoms with Gasteiger partial charge in [0.2, 0.25) is 5.91 Å². The molecule has 1 aliphatic rings. The Bertz CT molecular complexity index is 671. The molecular formula is C18H24N4O2. The van der Waals surface area contributed by atoms with E-state index in [4.69, 9.17) is 10.5 Å². The number of nitrogens with zero attached hydrogens (tertiary/aromatic N) is 2. The van der Waals surface area contributed by atoms with Gasteiger partial charge in [-0.1, -0.05) is 30.3 Å². The van der Waals surface area contributed by atoms with Crippen LogP contribution in [0.3, 0.4) is 0 Å². The highest BCUT2D eigenvalue weighted by atomic mass is 16.5. The molecule has 1 fully saturated rings. The molecule has 1 amide bonds. The monoisotopic (exact) mass is 328 g/mol. The lowest BCUT2D eigenvalue weighted by molar-refractivity contribution is -0.120. The molecule has 1 aromatic carbocycles. The molecule has 1 aliphatic heterocycles. The fourth-order valence-corrected chi connectivity index (χ4v) is 3.21. The Balaban J connectivity index is 1.66. The van der Waals surface area contributed by atoms with Crippen LogP contribution in [0.2, 0.25) is 0 Å². The van der Waals surface area contributed by atoms with Crippen LogP contribution in [0.1, 0.15) is 36.6 Å². The first kappa shape index (κ1) is 16.7. The maximum Gasteiger partial charge on any atom is 0.239 e. The van der Waals surface area contributed by atoms with Crippen molar-refractivity contribution in [1.29, 1.82) is 0 Å². The number of nitrogens with one attached hydrogen (secondary N) is 1. The molecule has 128 valence electrons. The Hall–Kier alpha value is -2.18. The van der Waals surface area contributed by atoms with E-state index in [1.807, 2.05) is 47.4 Å². The van der Waals surface area contributed by atoms with Gasteiger partial charge in [-0.2, -0.15) is 5.10 Å². The van der Waals surface area contributed by atoms with Crippen molar-refractivity contribution >= 4 is 5.91 Å². The molecule has 2 aromatic rings. The Morgan fingerprint density at radius 3 is 2.92 bits per heavy atom. The summed E-state index contributed by atoms with van der Waals surface area (Å²) in [5.74, 6) is -0.0689. The molecule has 1 saturated heterocycles. The lowest BCUT2D eigenvalue weighted by atomic mass is 9.96. The number of ether oxygens (including phenoxy) is 1. The van der Waals surface area contributed by atoms with Crippen molar-refractivity contribution in [2.75, 3.05) is 13.2 Å². The van der Waals surface area contributed by atoms with Crippen LogP contribution in [0.4, 0.5) is 0 Å². The SMILES string of the molecule is CCn1cc(C2OCCC2CNC(C(N)=O)c2ccccc2)cn1. The van der Waals surface area contributed by atoms with Gasteiger partial charge in [-0.3, -0.25) is 9.48 Å². The summed E-state index contributed by atoms with van der Waals surface area (Å²) in [5.41, 5.74) is 7.56. The summed E-state index contributed by atoms with van der Waals surface area (Å²) in [6.45, 7) is 4.29. The fraction of sp³-hybridized carbons (Fsp3) is 0.444. The normalized spacial score (nSPS) is 21.7. The van der Waals surface area contributed by atoms with E-state index in [2.05, 4.69) is 17.3 Å². The first-order valence-electron chi connectivity index (χ1n) is 8.40. The number of hydrogen-bond acceptors (Lipinski definition) is 4. The second-order valence-corrected chi connectivity index (χ2v) is 6.12. The number of hydrogen-bond donors (Lipinski definition) is 2. The zero-order chi connectivity index (χ0) is 16.9. The summed E-state index contributed by atoms with van der Waals surface area (Å²) >= 11 is 0. The van der Waals surface area contributed by atoms with Gasteiger partial charge < -0.3 is 15.8 Å². The predicted molar refractivity (Wildman–Crippen MR) is 91.1 cm³/mol. The van der Waals surface area contributed by atoms with Crippen LogP contribution in [-0.2, 0) is 16.1 Å². The van der Waals surface area contributed by atoms with E-state index in [1.165, 1.54) is 0 Å². The van der Waals surface area contributed by atoms with Crippen molar-refractivity contribution < 1.29 is 9.53 Å². The van der Waals surface area contributed by atoms with Gasteiger partial charge in [0.15, 0.2) is 0 Å². The first-order chi connectivity index (χ1) is 11.7. The molecule has 0 aliphatic carbocycles. The predicted octanol–water partition coefficient (Wildman–Crippen LogP) is 1.80. The van der Waals surface area contributed by atoms with E-state index >= 15 is 0 Å². The van der Waals surface area contributed by atoms with Gasteiger partial charge in [-0.15, -0.1) is 0 Å². The number of carbonyl (C=O) groups excluding carboxylic acids is 1. The molecule has 3 atom stereocenters. The van der Waals surface area contributed by atoms with Crippen LogP contribution in [-0.4, -0.2) is 28.8 Å². The third-order valence-corrected chi connectivity index (χ3v) is 4.52. The van der Waals surface area contributed by atoms with E-state index < -0.39 is 6.04 Å². The smallest absolute Gasteiger partial charge is 0.239 e. The largest absolute Gasteiger partial charge is 0.373 e. The average Bonchev–Trinajstić information content (AvgIpc) is 3.24. The van der Waals surface area contributed by atoms with Gasteiger partial charge in [0.1, 0.15) is 6.04 Å². The van der Waals surface area contributed by atoms with Crippen LogP contribution >= 0.6 is 0 Å². The molecule has 0 bridgehead atoms. The van der Waals surface area contributed by atoms with Crippen LogP contribution < -0.4 is 11.1 Å². The van der Waals surface area contributed by atoms with E-state index in [-0.39, 0.29) is 12.0 Å². The minimum Gasteiger partial charge on any atom is -0.373 e. The standard InChI is InChI=1S/C18H24N4O2/c1-2-22-12-15(11-21-22)17-14(8-9-24-17)10-20-16(18(19)23)13-6-4-3-5-7-13/h3-7,11-12,14,16-17,20H,2,8-10H2,1H3,(H2,19,23). The topological polar surface area (TPSA) is 82.2 Å². The molecule has 0 saturated carbocycles. The average molecular weight is 328 g/mol. The molecule has 0 spiro atoms. The molecule has 6 nitrogen and oxygen atoms in total. The van der Waals surface area contributed by atoms with Crippen LogP contribution in [0.15, 0.2) is 42.7 Å². The van der Waals surface area contributed by atoms with Gasteiger partial charge in [0.25, 0.3) is 0 Å². The van der Waals surface area contributed by atoms with E-state index in [0.29, 0.717) is 12.5 Å².